The van der Waals surface area contributed by atoms with Crippen LogP contribution in [0.5, 0.6) is 0 Å². The van der Waals surface area contributed by atoms with Gasteiger partial charge in [-0.05, 0) is 30.8 Å². The number of fused-ring (bicyclic) bond motifs is 1. The number of imidazole rings is 1. The molecule has 86 valence electrons. The molecule has 0 aliphatic rings. The van der Waals surface area contributed by atoms with Crippen LogP contribution in [-0.4, -0.2) is 14.5 Å². The lowest BCUT2D eigenvalue weighted by molar-refractivity contribution is 0.791. The molecule has 1 N–H and O–H groups in total. The summed E-state index contributed by atoms with van der Waals surface area (Å²) in [6, 6.07) is 6.22. The normalized spacial score (nSPS) is 11.1. The molecule has 0 spiro atoms. The molecule has 0 aliphatic heterocycles. The number of hydrogen-bond acceptors (Lipinski definition) is 3. The van der Waals surface area contributed by atoms with Crippen molar-refractivity contribution in [1.82, 2.24) is 14.5 Å². The molecule has 3 nitrogen and oxygen atoms in total. The zero-order valence-electron chi connectivity index (χ0n) is 9.30. The number of benzene rings is 1. The molecule has 2 heterocycles. The van der Waals surface area contributed by atoms with Crippen molar-refractivity contribution in [2.24, 2.45) is 0 Å². The lowest BCUT2D eigenvalue weighted by Crippen LogP contribution is -1.99. The highest BCUT2D eigenvalue weighted by atomic mass is 32.1. The molecule has 2 aromatic heterocycles. The molecule has 5 heteroatoms. The van der Waals surface area contributed by atoms with Crippen LogP contribution in [0.15, 0.2) is 29.1 Å². The van der Waals surface area contributed by atoms with Gasteiger partial charge in [0.15, 0.2) is 4.77 Å². The van der Waals surface area contributed by atoms with Crippen LogP contribution in [0.2, 0.25) is 0 Å². The first-order valence-corrected chi connectivity index (χ1v) is 6.66. The Morgan fingerprint density at radius 2 is 2.35 bits per heavy atom. The minimum Gasteiger partial charge on any atom is -0.330 e. The van der Waals surface area contributed by atoms with Crippen molar-refractivity contribution in [3.8, 4) is 0 Å². The standard InChI is InChI=1S/C12H11N3S2/c1-8-3-2-4-10-11(8)14-12(16)15(10)5-9-6-17-7-13-9/h2-4,6-7H,5H2,1H3,(H,14,16). The number of hydrogen-bond donors (Lipinski definition) is 1. The van der Waals surface area contributed by atoms with E-state index >= 15 is 0 Å². The van der Waals surface area contributed by atoms with Crippen LogP contribution in [0.1, 0.15) is 11.3 Å². The Labute approximate surface area is 108 Å². The third kappa shape index (κ3) is 1.81. The molecule has 0 radical (unpaired) electrons. The maximum absolute atomic E-state index is 5.37. The van der Waals surface area contributed by atoms with Crippen LogP contribution in [0, 0.1) is 11.7 Å². The third-order valence-electron chi connectivity index (χ3n) is 2.82. The topological polar surface area (TPSA) is 33.6 Å². The van der Waals surface area contributed by atoms with E-state index in [2.05, 4.69) is 45.0 Å². The predicted molar refractivity (Wildman–Crippen MR) is 73.1 cm³/mol. The highest BCUT2D eigenvalue weighted by Gasteiger charge is 2.07. The maximum atomic E-state index is 5.37. The molecular formula is C12H11N3S2. The van der Waals surface area contributed by atoms with Gasteiger partial charge in [-0.1, -0.05) is 12.1 Å². The van der Waals surface area contributed by atoms with Crippen molar-refractivity contribution in [2.45, 2.75) is 13.5 Å². The molecule has 3 aromatic rings. The number of para-hydroxylation sites is 1. The van der Waals surface area contributed by atoms with E-state index in [1.807, 2.05) is 5.51 Å². The fourth-order valence-corrected chi connectivity index (χ4v) is 2.77. The molecule has 0 unspecified atom stereocenters. The van der Waals surface area contributed by atoms with E-state index in [1.165, 1.54) is 5.56 Å². The first-order chi connectivity index (χ1) is 8.25. The Hall–Kier alpha value is -1.46. The summed E-state index contributed by atoms with van der Waals surface area (Å²) in [4.78, 5) is 7.56. The lowest BCUT2D eigenvalue weighted by atomic mass is 10.2. The Morgan fingerprint density at radius 1 is 1.47 bits per heavy atom. The zero-order chi connectivity index (χ0) is 11.8. The molecule has 1 aromatic carbocycles. The van der Waals surface area contributed by atoms with Gasteiger partial charge in [0.05, 0.1) is 28.8 Å². The Morgan fingerprint density at radius 3 is 3.12 bits per heavy atom. The number of thiazole rings is 1. The molecule has 0 saturated carbocycles. The van der Waals surface area contributed by atoms with Crippen molar-refractivity contribution < 1.29 is 0 Å². The van der Waals surface area contributed by atoms with Gasteiger partial charge in [-0.3, -0.25) is 0 Å². The second-order valence-electron chi connectivity index (χ2n) is 3.97. The smallest absolute Gasteiger partial charge is 0.178 e. The summed E-state index contributed by atoms with van der Waals surface area (Å²) in [6.07, 6.45) is 0. The molecule has 0 atom stereocenters. The molecule has 0 aliphatic carbocycles. The fraction of sp³-hybridized carbons (Fsp3) is 0.167. The van der Waals surface area contributed by atoms with Crippen LogP contribution in [0.3, 0.4) is 0 Å². The van der Waals surface area contributed by atoms with Gasteiger partial charge in [0, 0.05) is 5.38 Å². The van der Waals surface area contributed by atoms with Gasteiger partial charge < -0.3 is 9.55 Å². The van der Waals surface area contributed by atoms with Crippen LogP contribution in [-0.2, 0) is 6.54 Å². The summed E-state index contributed by atoms with van der Waals surface area (Å²) < 4.78 is 2.84. The van der Waals surface area contributed by atoms with Gasteiger partial charge in [-0.2, -0.15) is 0 Å². The summed E-state index contributed by atoms with van der Waals surface area (Å²) in [7, 11) is 0. The van der Waals surface area contributed by atoms with Gasteiger partial charge in [-0.15, -0.1) is 11.3 Å². The highest BCUT2D eigenvalue weighted by Crippen LogP contribution is 2.19. The van der Waals surface area contributed by atoms with E-state index in [0.29, 0.717) is 0 Å². The van der Waals surface area contributed by atoms with E-state index in [1.54, 1.807) is 11.3 Å². The summed E-state index contributed by atoms with van der Waals surface area (Å²) in [5.41, 5.74) is 6.37. The fourth-order valence-electron chi connectivity index (χ4n) is 1.96. The predicted octanol–water partition coefficient (Wildman–Crippen LogP) is 3.51. The molecule has 0 amide bonds. The van der Waals surface area contributed by atoms with E-state index in [-0.39, 0.29) is 0 Å². The van der Waals surface area contributed by atoms with Crippen molar-refractivity contribution in [3.05, 3.63) is 45.1 Å². The average Bonchev–Trinajstić information content (AvgIpc) is 2.91. The molecule has 0 fully saturated rings. The van der Waals surface area contributed by atoms with Crippen LogP contribution >= 0.6 is 23.6 Å². The summed E-state index contributed by atoms with van der Waals surface area (Å²) in [5, 5.41) is 2.05. The van der Waals surface area contributed by atoms with Gasteiger partial charge in [-0.25, -0.2) is 4.98 Å². The lowest BCUT2D eigenvalue weighted by Gasteiger charge is -2.02. The molecule has 17 heavy (non-hydrogen) atoms. The number of rotatable bonds is 2. The van der Waals surface area contributed by atoms with Crippen molar-refractivity contribution in [2.75, 3.05) is 0 Å². The number of aromatic amines is 1. The molecule has 0 bridgehead atoms. The van der Waals surface area contributed by atoms with Crippen LogP contribution in [0.25, 0.3) is 11.0 Å². The second-order valence-corrected chi connectivity index (χ2v) is 5.07. The Kier molecular flexibility index (Phi) is 2.57. The Balaban J connectivity index is 2.19. The zero-order valence-corrected chi connectivity index (χ0v) is 10.9. The summed E-state index contributed by atoms with van der Waals surface area (Å²) in [5.74, 6) is 0. The molecular weight excluding hydrogens is 250 g/mol. The minimum absolute atomic E-state index is 0.728. The van der Waals surface area contributed by atoms with Crippen molar-refractivity contribution >= 4 is 34.6 Å². The number of nitrogens with zero attached hydrogens (tertiary/aromatic N) is 2. The minimum atomic E-state index is 0.728. The number of aromatic nitrogens is 3. The summed E-state index contributed by atoms with van der Waals surface area (Å²) in [6.45, 7) is 2.81. The van der Waals surface area contributed by atoms with Crippen LogP contribution in [0.4, 0.5) is 0 Å². The second kappa shape index (κ2) is 4.09. The highest BCUT2D eigenvalue weighted by molar-refractivity contribution is 7.71. The molecule has 3 rings (SSSR count). The number of H-pyrrole nitrogens is 1. The van der Waals surface area contributed by atoms with E-state index < -0.39 is 0 Å². The first-order valence-electron chi connectivity index (χ1n) is 5.31. The van der Waals surface area contributed by atoms with Gasteiger partial charge >= 0.3 is 0 Å². The van der Waals surface area contributed by atoms with E-state index in [9.17, 15) is 0 Å². The number of nitrogens with one attached hydrogen (secondary N) is 1. The Bertz CT molecular complexity index is 707. The van der Waals surface area contributed by atoms with E-state index in [0.717, 1.165) is 28.0 Å². The van der Waals surface area contributed by atoms with Gasteiger partial charge in [0.25, 0.3) is 0 Å². The molecule has 0 saturated heterocycles. The van der Waals surface area contributed by atoms with Gasteiger partial charge in [0.1, 0.15) is 0 Å². The monoisotopic (exact) mass is 261 g/mol. The van der Waals surface area contributed by atoms with Crippen LogP contribution < -0.4 is 0 Å². The largest absolute Gasteiger partial charge is 0.330 e. The first kappa shape index (κ1) is 10.7. The van der Waals surface area contributed by atoms with E-state index in [4.69, 9.17) is 12.2 Å². The maximum Gasteiger partial charge on any atom is 0.178 e. The van der Waals surface area contributed by atoms with Crippen molar-refractivity contribution in [3.63, 3.8) is 0 Å². The number of aryl methyl sites for hydroxylation is 1. The van der Waals surface area contributed by atoms with Crippen molar-refractivity contribution in [1.29, 1.82) is 0 Å². The average molecular weight is 261 g/mol. The third-order valence-corrected chi connectivity index (χ3v) is 3.78. The van der Waals surface area contributed by atoms with Gasteiger partial charge in [0.2, 0.25) is 0 Å². The SMILES string of the molecule is Cc1cccc2c1[nH]c(=S)n2Cc1cscn1. The quantitative estimate of drug-likeness (QED) is 0.716. The summed E-state index contributed by atoms with van der Waals surface area (Å²) >= 11 is 6.98.